The summed E-state index contributed by atoms with van der Waals surface area (Å²) in [7, 11) is -1.72. The smallest absolute Gasteiger partial charge is 0.242 e. The molecule has 4 rings (SSSR count). The topological polar surface area (TPSA) is 77.1 Å². The van der Waals surface area contributed by atoms with Crippen molar-refractivity contribution in [2.75, 3.05) is 0 Å². The predicted molar refractivity (Wildman–Crippen MR) is 122 cm³/mol. The molecule has 3 aromatic rings. The van der Waals surface area contributed by atoms with Gasteiger partial charge in [0.15, 0.2) is 0 Å². The molecular weight excluding hydrogens is 418 g/mol. The van der Waals surface area contributed by atoms with Crippen LogP contribution in [-0.4, -0.2) is 19.0 Å². The first-order valence-electron chi connectivity index (χ1n) is 9.95. The Morgan fingerprint density at radius 2 is 1.87 bits per heavy atom. The van der Waals surface area contributed by atoms with E-state index in [2.05, 4.69) is 41.1 Å². The molecule has 0 amide bonds. The molecule has 0 bridgehead atoms. The van der Waals surface area contributed by atoms with Crippen molar-refractivity contribution in [1.82, 2.24) is 9.29 Å². The predicted octanol–water partition coefficient (Wildman–Crippen LogP) is 3.53. The summed E-state index contributed by atoms with van der Waals surface area (Å²) in [4.78, 5) is 0.280. The van der Waals surface area contributed by atoms with Crippen molar-refractivity contribution in [2.45, 2.75) is 42.7 Å². The van der Waals surface area contributed by atoms with E-state index in [9.17, 15) is 8.42 Å². The van der Waals surface area contributed by atoms with Gasteiger partial charge in [0, 0.05) is 37.9 Å². The molecule has 2 atom stereocenters. The summed E-state index contributed by atoms with van der Waals surface area (Å²) >= 11 is 0. The highest BCUT2D eigenvalue weighted by atomic mass is 35.5. The van der Waals surface area contributed by atoms with Crippen molar-refractivity contribution in [3.63, 3.8) is 0 Å². The molecule has 2 unspecified atom stereocenters. The molecule has 0 spiro atoms. The maximum Gasteiger partial charge on any atom is 0.242 e. The summed E-state index contributed by atoms with van der Waals surface area (Å²) in [6, 6.07) is 18.4. The molecule has 30 heavy (non-hydrogen) atoms. The van der Waals surface area contributed by atoms with E-state index in [1.54, 1.807) is 30.1 Å². The van der Waals surface area contributed by atoms with Crippen LogP contribution < -0.4 is 10.5 Å². The highest BCUT2D eigenvalue weighted by Crippen LogP contribution is 2.34. The lowest BCUT2D eigenvalue weighted by atomic mass is 9.76. The summed E-state index contributed by atoms with van der Waals surface area (Å²) in [5.74, 6) is 0.242. The number of aryl methyl sites for hydroxylation is 2. The average Bonchev–Trinajstić information content (AvgIpc) is 3.17. The molecule has 1 aromatic heterocycles. The van der Waals surface area contributed by atoms with E-state index in [0.717, 1.165) is 24.8 Å². The summed E-state index contributed by atoms with van der Waals surface area (Å²) in [6.07, 6.45) is 6.17. The Bertz CT molecular complexity index is 1100. The van der Waals surface area contributed by atoms with Crippen molar-refractivity contribution in [2.24, 2.45) is 12.8 Å². The highest BCUT2D eigenvalue weighted by molar-refractivity contribution is 7.89. The molecule has 0 saturated heterocycles. The van der Waals surface area contributed by atoms with Gasteiger partial charge in [0.05, 0.1) is 4.90 Å². The Labute approximate surface area is 184 Å². The van der Waals surface area contributed by atoms with E-state index in [4.69, 9.17) is 5.73 Å². The number of nitrogens with zero attached hydrogens (tertiary/aromatic N) is 1. The third kappa shape index (κ3) is 4.95. The van der Waals surface area contributed by atoms with Crippen LogP contribution in [0.15, 0.2) is 71.9 Å². The molecule has 1 heterocycles. The lowest BCUT2D eigenvalue weighted by molar-refractivity contribution is 0.467. The SMILES string of the molecule is Cl.Cn1ccc(S(=O)(=O)NCc2ccc3c(c2)C(Cc2ccccc2)C(N)CC3)c1. The van der Waals surface area contributed by atoms with Crippen molar-refractivity contribution in [3.05, 3.63) is 89.2 Å². The molecule has 0 radical (unpaired) electrons. The molecule has 0 aliphatic heterocycles. The van der Waals surface area contributed by atoms with Gasteiger partial charge in [-0.3, -0.25) is 0 Å². The van der Waals surface area contributed by atoms with E-state index in [1.807, 2.05) is 12.1 Å². The molecule has 160 valence electrons. The zero-order valence-corrected chi connectivity index (χ0v) is 18.6. The van der Waals surface area contributed by atoms with Crippen molar-refractivity contribution in [1.29, 1.82) is 0 Å². The summed E-state index contributed by atoms with van der Waals surface area (Å²) in [5, 5.41) is 0. The number of sulfonamides is 1. The normalized spacial score (nSPS) is 18.5. The largest absolute Gasteiger partial charge is 0.356 e. The van der Waals surface area contributed by atoms with Crippen LogP contribution in [0.2, 0.25) is 0 Å². The Balaban J connectivity index is 0.00000256. The number of fused-ring (bicyclic) bond motifs is 1. The first kappa shape index (κ1) is 22.6. The van der Waals surface area contributed by atoms with Crippen LogP contribution in [0.3, 0.4) is 0 Å². The molecule has 5 nitrogen and oxygen atoms in total. The zero-order valence-electron chi connectivity index (χ0n) is 17.0. The fourth-order valence-electron chi connectivity index (χ4n) is 4.11. The Hall–Kier alpha value is -2.12. The lowest BCUT2D eigenvalue weighted by Gasteiger charge is -2.32. The number of nitrogens with one attached hydrogen (secondary N) is 1. The number of aromatic nitrogens is 1. The lowest BCUT2D eigenvalue weighted by Crippen LogP contribution is -2.34. The maximum absolute atomic E-state index is 12.5. The fourth-order valence-corrected chi connectivity index (χ4v) is 5.18. The van der Waals surface area contributed by atoms with Crippen LogP contribution in [0.1, 0.15) is 34.6 Å². The second-order valence-electron chi connectivity index (χ2n) is 7.87. The van der Waals surface area contributed by atoms with Gasteiger partial charge in [-0.05, 0) is 47.6 Å². The molecular formula is C23H28ClN3O2S. The number of halogens is 1. The first-order valence-corrected chi connectivity index (χ1v) is 11.4. The van der Waals surface area contributed by atoms with Crippen molar-refractivity contribution >= 4 is 22.4 Å². The second kappa shape index (κ2) is 9.35. The van der Waals surface area contributed by atoms with Gasteiger partial charge in [0.1, 0.15) is 0 Å². The molecule has 0 fully saturated rings. The van der Waals surface area contributed by atoms with Crippen LogP contribution in [-0.2, 0) is 36.5 Å². The molecule has 2 aromatic carbocycles. The average molecular weight is 446 g/mol. The minimum atomic E-state index is -3.53. The molecule has 0 saturated carbocycles. The van der Waals surface area contributed by atoms with Crippen LogP contribution in [0.25, 0.3) is 0 Å². The van der Waals surface area contributed by atoms with E-state index in [1.165, 1.54) is 16.7 Å². The van der Waals surface area contributed by atoms with E-state index >= 15 is 0 Å². The van der Waals surface area contributed by atoms with Crippen LogP contribution in [0.5, 0.6) is 0 Å². The first-order chi connectivity index (χ1) is 13.9. The quantitative estimate of drug-likeness (QED) is 0.609. The summed E-state index contributed by atoms with van der Waals surface area (Å²) < 4.78 is 29.5. The van der Waals surface area contributed by atoms with Gasteiger partial charge >= 0.3 is 0 Å². The second-order valence-corrected chi connectivity index (χ2v) is 9.64. The van der Waals surface area contributed by atoms with Gasteiger partial charge in [-0.15, -0.1) is 12.4 Å². The van der Waals surface area contributed by atoms with Gasteiger partial charge < -0.3 is 10.3 Å². The van der Waals surface area contributed by atoms with Crippen LogP contribution >= 0.6 is 12.4 Å². The minimum Gasteiger partial charge on any atom is -0.356 e. The summed E-state index contributed by atoms with van der Waals surface area (Å²) in [5.41, 5.74) is 11.3. The van der Waals surface area contributed by atoms with Gasteiger partial charge in [-0.25, -0.2) is 13.1 Å². The minimum absolute atomic E-state index is 0. The van der Waals surface area contributed by atoms with Gasteiger partial charge in [-0.2, -0.15) is 0 Å². The van der Waals surface area contributed by atoms with E-state index < -0.39 is 10.0 Å². The number of benzene rings is 2. The third-order valence-electron chi connectivity index (χ3n) is 5.75. The molecule has 1 aliphatic carbocycles. The van der Waals surface area contributed by atoms with Crippen molar-refractivity contribution < 1.29 is 8.42 Å². The van der Waals surface area contributed by atoms with E-state index in [0.29, 0.717) is 0 Å². The summed E-state index contributed by atoms with van der Waals surface area (Å²) in [6.45, 7) is 0.262. The fraction of sp³-hybridized carbons (Fsp3) is 0.304. The van der Waals surface area contributed by atoms with Gasteiger partial charge in [0.25, 0.3) is 0 Å². The molecule has 1 aliphatic rings. The molecule has 7 heteroatoms. The monoisotopic (exact) mass is 445 g/mol. The Kier molecular flexibility index (Phi) is 7.03. The third-order valence-corrected chi connectivity index (χ3v) is 7.14. The van der Waals surface area contributed by atoms with Crippen molar-refractivity contribution in [3.8, 4) is 0 Å². The standard InChI is InChI=1S/C23H27N3O2S.ClH/c1-26-12-11-20(16-26)29(27,28)25-15-18-7-8-19-9-10-23(24)22(21(19)14-18)13-17-5-3-2-4-6-17;/h2-8,11-12,14,16,22-23,25H,9-10,13,15,24H2,1H3;1H. The molecule has 3 N–H and O–H groups in total. The van der Waals surface area contributed by atoms with Gasteiger partial charge in [-0.1, -0.05) is 48.5 Å². The number of nitrogens with two attached hydrogens (primary N) is 1. The zero-order chi connectivity index (χ0) is 20.4. The Morgan fingerprint density at radius 3 is 2.57 bits per heavy atom. The highest BCUT2D eigenvalue weighted by Gasteiger charge is 2.27. The number of rotatable bonds is 6. The maximum atomic E-state index is 12.5. The number of hydrogen-bond donors (Lipinski definition) is 2. The Morgan fingerprint density at radius 1 is 1.10 bits per heavy atom. The van der Waals surface area contributed by atoms with Crippen LogP contribution in [0, 0.1) is 0 Å². The van der Waals surface area contributed by atoms with E-state index in [-0.39, 0.29) is 35.8 Å². The number of hydrogen-bond acceptors (Lipinski definition) is 3. The van der Waals surface area contributed by atoms with Gasteiger partial charge in [0.2, 0.25) is 10.0 Å². The van der Waals surface area contributed by atoms with Crippen LogP contribution in [0.4, 0.5) is 0 Å².